The summed E-state index contributed by atoms with van der Waals surface area (Å²) >= 11 is 0. The molecule has 0 fully saturated rings. The zero-order valence-corrected chi connectivity index (χ0v) is 12.5. The number of hydrogen-bond acceptors (Lipinski definition) is 6. The van der Waals surface area contributed by atoms with Crippen molar-refractivity contribution in [3.05, 3.63) is 35.7 Å². The minimum atomic E-state index is 0.499. The van der Waals surface area contributed by atoms with Crippen LogP contribution in [-0.4, -0.2) is 48.8 Å². The van der Waals surface area contributed by atoms with Crippen molar-refractivity contribution in [2.24, 2.45) is 0 Å². The molecular weight excluding hydrogens is 266 g/mol. The Bertz CT molecular complexity index is 595. The van der Waals surface area contributed by atoms with Crippen LogP contribution in [-0.2, 0) is 13.0 Å². The predicted octanol–water partition coefficient (Wildman–Crippen LogP) is 1.61. The van der Waals surface area contributed by atoms with E-state index in [1.807, 2.05) is 19.0 Å². The Morgan fingerprint density at radius 2 is 2.14 bits per heavy atom. The molecule has 6 heteroatoms. The van der Waals surface area contributed by atoms with Gasteiger partial charge in [-0.3, -0.25) is 0 Å². The average Bonchev–Trinajstić information content (AvgIpc) is 3.06. The zero-order chi connectivity index (χ0) is 14.7. The van der Waals surface area contributed by atoms with E-state index in [0.717, 1.165) is 26.1 Å². The monoisotopic (exact) mass is 287 g/mol. The van der Waals surface area contributed by atoms with Gasteiger partial charge in [-0.15, -0.1) is 5.10 Å². The van der Waals surface area contributed by atoms with Gasteiger partial charge in [0.15, 0.2) is 0 Å². The Balaban J connectivity index is 1.50. The van der Waals surface area contributed by atoms with Gasteiger partial charge >= 0.3 is 6.01 Å². The largest absolute Gasteiger partial charge is 0.407 e. The third kappa shape index (κ3) is 3.33. The molecule has 6 nitrogen and oxygen atoms in total. The van der Waals surface area contributed by atoms with Crippen molar-refractivity contribution in [2.75, 3.05) is 43.9 Å². The van der Waals surface area contributed by atoms with Gasteiger partial charge in [0.25, 0.3) is 0 Å². The quantitative estimate of drug-likeness (QED) is 0.871. The minimum absolute atomic E-state index is 0.499. The van der Waals surface area contributed by atoms with Crippen LogP contribution in [0, 0.1) is 0 Å². The summed E-state index contributed by atoms with van der Waals surface area (Å²) < 4.78 is 5.54. The van der Waals surface area contributed by atoms with Gasteiger partial charge in [0.05, 0.1) is 6.54 Å². The lowest BCUT2D eigenvalue weighted by Gasteiger charge is -2.18. The lowest BCUT2D eigenvalue weighted by molar-refractivity contribution is 0.344. The molecule has 1 aromatic carbocycles. The molecule has 0 saturated carbocycles. The standard InChI is InChI=1S/C15H21N5O/c1-19(2)11-14-17-18-15(21-14)16-8-10-20-9-7-12-5-3-4-6-13(12)20/h3-6H,7-11H2,1-2H3,(H,16,18). The van der Waals surface area contributed by atoms with Crippen molar-refractivity contribution in [3.63, 3.8) is 0 Å². The van der Waals surface area contributed by atoms with Gasteiger partial charge in [0, 0.05) is 25.3 Å². The fourth-order valence-corrected chi connectivity index (χ4v) is 2.60. The average molecular weight is 287 g/mol. The number of fused-ring (bicyclic) bond motifs is 1. The summed E-state index contributed by atoms with van der Waals surface area (Å²) in [5, 5.41) is 11.2. The van der Waals surface area contributed by atoms with E-state index in [2.05, 4.69) is 44.7 Å². The van der Waals surface area contributed by atoms with Crippen molar-refractivity contribution in [1.82, 2.24) is 15.1 Å². The number of nitrogens with zero attached hydrogens (tertiary/aromatic N) is 4. The molecule has 1 aromatic heterocycles. The summed E-state index contributed by atoms with van der Waals surface area (Å²) in [5.74, 6) is 0.633. The molecule has 1 aliphatic heterocycles. The second-order valence-electron chi connectivity index (χ2n) is 5.53. The summed E-state index contributed by atoms with van der Waals surface area (Å²) in [5.41, 5.74) is 2.78. The second-order valence-corrected chi connectivity index (χ2v) is 5.53. The second kappa shape index (κ2) is 6.13. The number of nitrogens with one attached hydrogen (secondary N) is 1. The van der Waals surface area contributed by atoms with Crippen LogP contribution in [0.4, 0.5) is 11.7 Å². The highest BCUT2D eigenvalue weighted by Gasteiger charge is 2.17. The SMILES string of the molecule is CN(C)Cc1nnc(NCCN2CCc3ccccc32)o1. The molecule has 0 saturated heterocycles. The molecule has 0 spiro atoms. The first-order chi connectivity index (χ1) is 10.2. The molecule has 2 aromatic rings. The molecule has 0 atom stereocenters. The van der Waals surface area contributed by atoms with E-state index in [9.17, 15) is 0 Å². The third-order valence-electron chi connectivity index (χ3n) is 3.56. The van der Waals surface area contributed by atoms with Crippen LogP contribution in [0.2, 0.25) is 0 Å². The number of para-hydroxylation sites is 1. The first-order valence-corrected chi connectivity index (χ1v) is 7.26. The number of hydrogen-bond donors (Lipinski definition) is 1. The normalized spacial score (nSPS) is 13.8. The van der Waals surface area contributed by atoms with Crippen LogP contribution in [0.25, 0.3) is 0 Å². The minimum Gasteiger partial charge on any atom is -0.407 e. The highest BCUT2D eigenvalue weighted by atomic mass is 16.4. The molecule has 0 radical (unpaired) electrons. The van der Waals surface area contributed by atoms with E-state index in [1.54, 1.807) is 0 Å². The van der Waals surface area contributed by atoms with Gasteiger partial charge in [-0.05, 0) is 32.1 Å². The molecule has 3 rings (SSSR count). The molecule has 0 aliphatic carbocycles. The molecule has 1 aliphatic rings. The van der Waals surface area contributed by atoms with Crippen molar-refractivity contribution >= 4 is 11.7 Å². The number of anilines is 2. The van der Waals surface area contributed by atoms with E-state index >= 15 is 0 Å². The molecular formula is C15H21N5O. The van der Waals surface area contributed by atoms with Gasteiger partial charge < -0.3 is 19.5 Å². The lowest BCUT2D eigenvalue weighted by Crippen LogP contribution is -2.27. The highest BCUT2D eigenvalue weighted by molar-refractivity contribution is 5.57. The van der Waals surface area contributed by atoms with Crippen molar-refractivity contribution in [3.8, 4) is 0 Å². The Morgan fingerprint density at radius 3 is 3.00 bits per heavy atom. The van der Waals surface area contributed by atoms with Gasteiger partial charge in [-0.1, -0.05) is 23.3 Å². The fourth-order valence-electron chi connectivity index (χ4n) is 2.60. The molecule has 21 heavy (non-hydrogen) atoms. The lowest BCUT2D eigenvalue weighted by atomic mass is 10.2. The van der Waals surface area contributed by atoms with E-state index in [-0.39, 0.29) is 0 Å². The van der Waals surface area contributed by atoms with Crippen molar-refractivity contribution < 1.29 is 4.42 Å². The molecule has 0 amide bonds. The first kappa shape index (κ1) is 13.9. The van der Waals surface area contributed by atoms with Crippen LogP contribution in [0.3, 0.4) is 0 Å². The van der Waals surface area contributed by atoms with Gasteiger partial charge in [0.1, 0.15) is 0 Å². The zero-order valence-electron chi connectivity index (χ0n) is 12.5. The maximum atomic E-state index is 5.54. The third-order valence-corrected chi connectivity index (χ3v) is 3.56. The summed E-state index contributed by atoms with van der Waals surface area (Å²) in [6.07, 6.45) is 1.13. The van der Waals surface area contributed by atoms with Crippen molar-refractivity contribution in [2.45, 2.75) is 13.0 Å². The van der Waals surface area contributed by atoms with Gasteiger partial charge in [-0.25, -0.2) is 0 Å². The molecule has 1 N–H and O–H groups in total. The summed E-state index contributed by atoms with van der Waals surface area (Å²) in [6.45, 7) is 3.46. The van der Waals surface area contributed by atoms with Crippen LogP contribution in [0.5, 0.6) is 0 Å². The van der Waals surface area contributed by atoms with Crippen LogP contribution < -0.4 is 10.2 Å². The number of rotatable bonds is 6. The van der Waals surface area contributed by atoms with Gasteiger partial charge in [-0.2, -0.15) is 0 Å². The summed E-state index contributed by atoms with van der Waals surface area (Å²) in [6, 6.07) is 9.08. The van der Waals surface area contributed by atoms with Crippen molar-refractivity contribution in [1.29, 1.82) is 0 Å². The topological polar surface area (TPSA) is 57.4 Å². The maximum Gasteiger partial charge on any atom is 0.315 e. The maximum absolute atomic E-state index is 5.54. The Labute approximate surface area is 124 Å². The Kier molecular flexibility index (Phi) is 4.06. The van der Waals surface area contributed by atoms with E-state index in [0.29, 0.717) is 18.5 Å². The van der Waals surface area contributed by atoms with Gasteiger partial charge in [0.2, 0.25) is 5.89 Å². The smallest absolute Gasteiger partial charge is 0.315 e. The van der Waals surface area contributed by atoms with E-state index < -0.39 is 0 Å². The van der Waals surface area contributed by atoms with E-state index in [1.165, 1.54) is 11.3 Å². The summed E-state index contributed by atoms with van der Waals surface area (Å²) in [7, 11) is 3.95. The summed E-state index contributed by atoms with van der Waals surface area (Å²) in [4.78, 5) is 4.39. The number of aromatic nitrogens is 2. The van der Waals surface area contributed by atoms with E-state index in [4.69, 9.17) is 4.42 Å². The van der Waals surface area contributed by atoms with Crippen LogP contribution in [0.1, 0.15) is 11.5 Å². The predicted molar refractivity (Wildman–Crippen MR) is 82.5 cm³/mol. The molecule has 2 heterocycles. The molecule has 0 unspecified atom stereocenters. The molecule has 0 bridgehead atoms. The van der Waals surface area contributed by atoms with Crippen LogP contribution in [0.15, 0.2) is 28.7 Å². The fraction of sp³-hybridized carbons (Fsp3) is 0.467. The highest BCUT2D eigenvalue weighted by Crippen LogP contribution is 2.26. The molecule has 112 valence electrons. The van der Waals surface area contributed by atoms with Crippen LogP contribution >= 0.6 is 0 Å². The Morgan fingerprint density at radius 1 is 1.29 bits per heavy atom. The number of benzene rings is 1. The first-order valence-electron chi connectivity index (χ1n) is 7.26. The Hall–Kier alpha value is -2.08.